The second kappa shape index (κ2) is 10.0. The van der Waals surface area contributed by atoms with Crippen LogP contribution in [0.5, 0.6) is 11.5 Å². The van der Waals surface area contributed by atoms with Crippen LogP contribution in [-0.4, -0.2) is 38.3 Å². The molecule has 0 saturated carbocycles. The van der Waals surface area contributed by atoms with Crippen LogP contribution in [0.15, 0.2) is 66.7 Å². The highest BCUT2D eigenvalue weighted by atomic mass is 32.1. The van der Waals surface area contributed by atoms with E-state index in [9.17, 15) is 0 Å². The van der Waals surface area contributed by atoms with Crippen LogP contribution in [-0.2, 0) is 11.3 Å². The molecule has 0 radical (unpaired) electrons. The Morgan fingerprint density at radius 2 is 1.74 bits per heavy atom. The SMILES string of the molecule is COc1ccc2c3c(sc2c1)-c1ccccc1COC3c1ccc(OCCN2CCCCC2)cc1. The van der Waals surface area contributed by atoms with Crippen LogP contribution < -0.4 is 9.47 Å². The predicted octanol–water partition coefficient (Wildman–Crippen LogP) is 7.06. The average molecular weight is 486 g/mol. The molecule has 6 rings (SSSR count). The average Bonchev–Trinajstić information content (AvgIpc) is 3.20. The Balaban J connectivity index is 1.29. The fourth-order valence-electron chi connectivity index (χ4n) is 5.29. The topological polar surface area (TPSA) is 30.9 Å². The lowest BCUT2D eigenvalue weighted by Crippen LogP contribution is -2.33. The molecule has 35 heavy (non-hydrogen) atoms. The molecule has 2 aliphatic rings. The summed E-state index contributed by atoms with van der Waals surface area (Å²) < 4.78 is 19.4. The number of hydrogen-bond acceptors (Lipinski definition) is 5. The zero-order valence-electron chi connectivity index (χ0n) is 20.2. The molecule has 0 N–H and O–H groups in total. The summed E-state index contributed by atoms with van der Waals surface area (Å²) in [6.45, 7) is 4.72. The van der Waals surface area contributed by atoms with Crippen molar-refractivity contribution in [3.05, 3.63) is 83.4 Å². The second-order valence-electron chi connectivity index (χ2n) is 9.37. The van der Waals surface area contributed by atoms with Gasteiger partial charge < -0.3 is 14.2 Å². The summed E-state index contributed by atoms with van der Waals surface area (Å²) in [6.07, 6.45) is 3.85. The Bertz CT molecular complexity index is 1310. The van der Waals surface area contributed by atoms with Crippen molar-refractivity contribution in [2.75, 3.05) is 33.4 Å². The van der Waals surface area contributed by atoms with E-state index in [1.165, 1.54) is 64.0 Å². The Labute approximate surface area is 211 Å². The highest BCUT2D eigenvalue weighted by molar-refractivity contribution is 7.22. The number of likely N-dealkylation sites (tertiary alicyclic amines) is 1. The third-order valence-corrected chi connectivity index (χ3v) is 8.37. The molecule has 1 atom stereocenters. The van der Waals surface area contributed by atoms with E-state index in [-0.39, 0.29) is 6.10 Å². The monoisotopic (exact) mass is 485 g/mol. The summed E-state index contributed by atoms with van der Waals surface area (Å²) in [5, 5.41) is 1.23. The number of piperidine rings is 1. The zero-order valence-corrected chi connectivity index (χ0v) is 21.0. The van der Waals surface area contributed by atoms with Crippen molar-refractivity contribution in [2.45, 2.75) is 32.0 Å². The molecule has 0 aliphatic carbocycles. The van der Waals surface area contributed by atoms with E-state index in [1.54, 1.807) is 7.11 Å². The number of fused-ring (bicyclic) bond motifs is 5. The minimum absolute atomic E-state index is 0.137. The van der Waals surface area contributed by atoms with Gasteiger partial charge in [-0.25, -0.2) is 0 Å². The molecule has 4 aromatic rings. The Morgan fingerprint density at radius 3 is 2.57 bits per heavy atom. The van der Waals surface area contributed by atoms with Crippen molar-refractivity contribution in [1.82, 2.24) is 4.90 Å². The molecule has 0 bridgehead atoms. The largest absolute Gasteiger partial charge is 0.497 e. The van der Waals surface area contributed by atoms with E-state index < -0.39 is 0 Å². The van der Waals surface area contributed by atoms with Gasteiger partial charge in [0.2, 0.25) is 0 Å². The molecular formula is C30H31NO3S. The maximum Gasteiger partial charge on any atom is 0.120 e. The van der Waals surface area contributed by atoms with E-state index in [0.29, 0.717) is 6.61 Å². The number of benzene rings is 3. The standard InChI is InChI=1S/C30H31NO3S/c1-32-24-13-14-26-27(19-24)35-30-25-8-4-3-7-22(25)20-34-29(28(26)30)21-9-11-23(12-10-21)33-18-17-31-15-5-2-6-16-31/h3-4,7-14,19,29H,2,5-6,15-18,20H2,1H3. The van der Waals surface area contributed by atoms with Gasteiger partial charge in [-0.05, 0) is 78.3 Å². The maximum absolute atomic E-state index is 6.59. The van der Waals surface area contributed by atoms with Crippen LogP contribution >= 0.6 is 11.3 Å². The molecular weight excluding hydrogens is 454 g/mol. The predicted molar refractivity (Wildman–Crippen MR) is 143 cm³/mol. The van der Waals surface area contributed by atoms with Gasteiger partial charge in [0.1, 0.15) is 24.2 Å². The highest BCUT2D eigenvalue weighted by Crippen LogP contribution is 2.49. The number of rotatable bonds is 6. The van der Waals surface area contributed by atoms with Crippen molar-refractivity contribution in [1.29, 1.82) is 0 Å². The third-order valence-electron chi connectivity index (χ3n) is 7.17. The van der Waals surface area contributed by atoms with Crippen LogP contribution in [0.2, 0.25) is 0 Å². The van der Waals surface area contributed by atoms with Gasteiger partial charge in [0.15, 0.2) is 0 Å². The van der Waals surface area contributed by atoms with Crippen LogP contribution in [0.3, 0.4) is 0 Å². The number of methoxy groups -OCH3 is 1. The molecule has 0 spiro atoms. The lowest BCUT2D eigenvalue weighted by Gasteiger charge is -2.26. The van der Waals surface area contributed by atoms with E-state index in [2.05, 4.69) is 65.6 Å². The fraction of sp³-hybridized carbons (Fsp3) is 0.333. The first kappa shape index (κ1) is 22.6. The minimum atomic E-state index is -0.137. The molecule has 3 heterocycles. The van der Waals surface area contributed by atoms with Gasteiger partial charge in [-0.2, -0.15) is 0 Å². The summed E-state index contributed by atoms with van der Waals surface area (Å²) in [4.78, 5) is 3.79. The molecule has 1 saturated heterocycles. The van der Waals surface area contributed by atoms with Crippen molar-refractivity contribution < 1.29 is 14.2 Å². The number of thiophene rings is 1. The summed E-state index contributed by atoms with van der Waals surface area (Å²) in [6, 6.07) is 23.4. The van der Waals surface area contributed by atoms with Crippen LogP contribution in [0.1, 0.15) is 42.1 Å². The highest BCUT2D eigenvalue weighted by Gasteiger charge is 2.28. The Morgan fingerprint density at radius 1 is 0.943 bits per heavy atom. The quantitative estimate of drug-likeness (QED) is 0.292. The first-order valence-corrected chi connectivity index (χ1v) is 13.4. The lowest BCUT2D eigenvalue weighted by atomic mass is 9.95. The first-order chi connectivity index (χ1) is 17.3. The summed E-state index contributed by atoms with van der Waals surface area (Å²) in [5.41, 5.74) is 4.89. The zero-order chi connectivity index (χ0) is 23.6. The van der Waals surface area contributed by atoms with Crippen molar-refractivity contribution in [3.63, 3.8) is 0 Å². The number of ether oxygens (including phenoxy) is 3. The smallest absolute Gasteiger partial charge is 0.120 e. The number of hydrogen-bond donors (Lipinski definition) is 0. The molecule has 1 fully saturated rings. The Kier molecular flexibility index (Phi) is 6.47. The molecule has 0 amide bonds. The molecule has 2 aliphatic heterocycles. The number of nitrogens with zero attached hydrogens (tertiary/aromatic N) is 1. The van der Waals surface area contributed by atoms with E-state index in [4.69, 9.17) is 14.2 Å². The van der Waals surface area contributed by atoms with Crippen LogP contribution in [0.25, 0.3) is 20.5 Å². The van der Waals surface area contributed by atoms with Gasteiger partial charge in [-0.15, -0.1) is 11.3 Å². The normalized spacial score (nSPS) is 18.0. The fourth-order valence-corrected chi connectivity index (χ4v) is 6.60. The summed E-state index contributed by atoms with van der Waals surface area (Å²) in [5.74, 6) is 1.80. The van der Waals surface area contributed by atoms with Gasteiger partial charge >= 0.3 is 0 Å². The molecule has 3 aromatic carbocycles. The maximum atomic E-state index is 6.59. The van der Waals surface area contributed by atoms with E-state index in [1.807, 2.05) is 17.4 Å². The second-order valence-corrected chi connectivity index (χ2v) is 10.4. The molecule has 5 heteroatoms. The van der Waals surface area contributed by atoms with Gasteiger partial charge in [0.05, 0.1) is 13.7 Å². The van der Waals surface area contributed by atoms with Crippen LogP contribution in [0.4, 0.5) is 0 Å². The molecule has 1 unspecified atom stereocenters. The minimum Gasteiger partial charge on any atom is -0.497 e. The van der Waals surface area contributed by atoms with Gasteiger partial charge in [0.25, 0.3) is 0 Å². The van der Waals surface area contributed by atoms with Crippen molar-refractivity contribution in [2.24, 2.45) is 0 Å². The molecule has 180 valence electrons. The molecule has 4 nitrogen and oxygen atoms in total. The molecule has 1 aromatic heterocycles. The van der Waals surface area contributed by atoms with Crippen LogP contribution in [0, 0.1) is 0 Å². The van der Waals surface area contributed by atoms with Gasteiger partial charge in [0, 0.05) is 21.7 Å². The van der Waals surface area contributed by atoms with E-state index >= 15 is 0 Å². The van der Waals surface area contributed by atoms with Crippen molar-refractivity contribution in [3.8, 4) is 21.9 Å². The Hall–Kier alpha value is -2.86. The third kappa shape index (κ3) is 4.56. The lowest BCUT2D eigenvalue weighted by molar-refractivity contribution is 0.0702. The van der Waals surface area contributed by atoms with Crippen molar-refractivity contribution >= 4 is 21.4 Å². The van der Waals surface area contributed by atoms with Gasteiger partial charge in [-0.1, -0.05) is 42.8 Å². The summed E-state index contributed by atoms with van der Waals surface area (Å²) in [7, 11) is 1.72. The first-order valence-electron chi connectivity index (χ1n) is 12.6. The van der Waals surface area contributed by atoms with E-state index in [0.717, 1.165) is 30.2 Å². The van der Waals surface area contributed by atoms with Gasteiger partial charge in [-0.3, -0.25) is 4.90 Å². The summed E-state index contributed by atoms with van der Waals surface area (Å²) >= 11 is 1.82.